The van der Waals surface area contributed by atoms with Crippen LogP contribution < -0.4 is 24.8 Å². The van der Waals surface area contributed by atoms with Crippen LogP contribution in [0.25, 0.3) is 5.57 Å². The minimum Gasteiger partial charge on any atom is -0.214 e. The van der Waals surface area contributed by atoms with E-state index >= 15 is 0 Å². The Morgan fingerprint density at radius 1 is 0.878 bits per heavy atom. The van der Waals surface area contributed by atoms with Crippen molar-refractivity contribution in [2.24, 2.45) is 27.6 Å². The third kappa shape index (κ3) is 5.18. The number of halogens is 2. The predicted molar refractivity (Wildman–Crippen MR) is 165 cm³/mol. The van der Waals surface area contributed by atoms with Gasteiger partial charge in [0.25, 0.3) is 0 Å². The second-order valence-corrected chi connectivity index (χ2v) is 15.3. The number of benzene rings is 1. The fourth-order valence-electron chi connectivity index (χ4n) is 8.24. The molecular formula is C38H48Cl2Ti-2. The summed E-state index contributed by atoms with van der Waals surface area (Å²) in [6, 6.07) is 19.2. The van der Waals surface area contributed by atoms with Gasteiger partial charge in [-0.2, -0.15) is 29.3 Å². The van der Waals surface area contributed by atoms with Crippen molar-refractivity contribution < 1.29 is 44.8 Å². The molecule has 5 aliphatic rings. The van der Waals surface area contributed by atoms with E-state index in [1.54, 1.807) is 32.0 Å². The Morgan fingerprint density at radius 2 is 1.49 bits per heavy atom. The first-order valence-electron chi connectivity index (χ1n) is 15.2. The number of allylic oxidation sites excluding steroid dienone is 6. The van der Waals surface area contributed by atoms with Gasteiger partial charge in [0.05, 0.1) is 0 Å². The average molecular weight is 624 g/mol. The number of hydrogen-bond donors (Lipinski definition) is 0. The summed E-state index contributed by atoms with van der Waals surface area (Å²) in [5, 5.41) is 0. The topological polar surface area (TPSA) is 0 Å². The second-order valence-electron chi connectivity index (χ2n) is 14.2. The minimum atomic E-state index is 0. The molecule has 2 atom stereocenters. The van der Waals surface area contributed by atoms with Crippen LogP contribution in [-0.4, -0.2) is 3.81 Å². The zero-order valence-electron chi connectivity index (χ0n) is 26.4. The largest absolute Gasteiger partial charge is 0.214 e. The van der Waals surface area contributed by atoms with Crippen molar-refractivity contribution in [3.05, 3.63) is 101 Å². The molecule has 2 aromatic carbocycles. The van der Waals surface area contributed by atoms with E-state index in [1.807, 2.05) is 30.3 Å². The molecule has 2 unspecified atom stereocenters. The van der Waals surface area contributed by atoms with Crippen LogP contribution in [0.1, 0.15) is 98.6 Å². The van der Waals surface area contributed by atoms with Crippen LogP contribution >= 0.6 is 0 Å². The SMILES string of the molecule is C[C-]1C2=C3Cc4ccccc4C3=C3C=CCCC3C2(C)C(C)(C)C(C)(C)C1(C)C.[Cl-].[Cl-].[Ti+2]=[C]1CCC1.c1cc[cH-]c1. The Hall–Kier alpha value is -1.18. The number of rotatable bonds is 0. The molecular weight excluding hydrogens is 575 g/mol. The molecule has 0 heterocycles. The maximum absolute atomic E-state index is 2.62. The first kappa shape index (κ1) is 34.3. The summed E-state index contributed by atoms with van der Waals surface area (Å²) in [5.74, 6) is 2.24. The van der Waals surface area contributed by atoms with Gasteiger partial charge in [0.2, 0.25) is 0 Å². The van der Waals surface area contributed by atoms with Crippen molar-refractivity contribution in [2.45, 2.75) is 93.9 Å². The molecule has 0 N–H and O–H groups in total. The van der Waals surface area contributed by atoms with E-state index in [-0.39, 0.29) is 46.5 Å². The van der Waals surface area contributed by atoms with Gasteiger partial charge in [0, 0.05) is 0 Å². The fourth-order valence-corrected chi connectivity index (χ4v) is 8.79. The summed E-state index contributed by atoms with van der Waals surface area (Å²) in [6.07, 6.45) is 12.8. The van der Waals surface area contributed by atoms with Gasteiger partial charge in [0.15, 0.2) is 0 Å². The smallest absolute Gasteiger partial charge is 0.172 e. The van der Waals surface area contributed by atoms with Crippen LogP contribution in [0, 0.1) is 33.5 Å². The second kappa shape index (κ2) is 12.4. The number of hydrogen-bond acceptors (Lipinski definition) is 0. The van der Waals surface area contributed by atoms with Crippen LogP contribution in [-0.2, 0) is 26.4 Å². The average Bonchev–Trinajstić information content (AvgIpc) is 3.59. The van der Waals surface area contributed by atoms with Gasteiger partial charge < -0.3 is 24.8 Å². The maximum Gasteiger partial charge on any atom is -0.172 e. The first-order chi connectivity index (χ1) is 18.4. The van der Waals surface area contributed by atoms with Crippen molar-refractivity contribution in [1.29, 1.82) is 0 Å². The van der Waals surface area contributed by atoms with Gasteiger partial charge in [-0.05, 0) is 40.6 Å². The van der Waals surface area contributed by atoms with E-state index in [9.17, 15) is 0 Å². The quantitative estimate of drug-likeness (QED) is 0.304. The van der Waals surface area contributed by atoms with E-state index in [0.29, 0.717) is 5.92 Å². The van der Waals surface area contributed by atoms with E-state index < -0.39 is 0 Å². The Labute approximate surface area is 274 Å². The monoisotopic (exact) mass is 622 g/mol. The Bertz CT molecular complexity index is 1310. The Morgan fingerprint density at radius 3 is 2.02 bits per heavy atom. The zero-order chi connectivity index (χ0) is 28.2. The zero-order valence-corrected chi connectivity index (χ0v) is 29.5. The van der Waals surface area contributed by atoms with Gasteiger partial charge in [-0.3, -0.25) is 0 Å². The molecule has 2 fully saturated rings. The van der Waals surface area contributed by atoms with Gasteiger partial charge in [-0.1, -0.05) is 113 Å². The Balaban J connectivity index is 0.000000325. The summed E-state index contributed by atoms with van der Waals surface area (Å²) in [7, 11) is 0. The van der Waals surface area contributed by atoms with Crippen LogP contribution in [0.3, 0.4) is 0 Å². The third-order valence-electron chi connectivity index (χ3n) is 12.3. The number of fused-ring (bicyclic) bond motifs is 6. The third-order valence-corrected chi connectivity index (χ3v) is 13.1. The molecule has 0 aliphatic heterocycles. The summed E-state index contributed by atoms with van der Waals surface area (Å²) >= 11 is 2.23. The van der Waals surface area contributed by atoms with Crippen LogP contribution in [0.5, 0.6) is 0 Å². The molecule has 0 radical (unpaired) electrons. The molecule has 0 aromatic heterocycles. The fraction of sp³-hybridized carbons (Fsp3) is 0.500. The van der Waals surface area contributed by atoms with Crippen molar-refractivity contribution in [3.63, 3.8) is 0 Å². The van der Waals surface area contributed by atoms with E-state index in [2.05, 4.69) is 112 Å². The van der Waals surface area contributed by atoms with E-state index in [1.165, 1.54) is 43.2 Å². The molecule has 3 heteroatoms. The standard InChI is InChI=1S/C29H37.C5H5.C4H6.2ClH.Ti/c1-18-25-22-17-19-13-9-10-14-20(19)24(22)21-15-11-12-16-23(21)29(25,8)28(6,7)27(4,5)26(18,2)3;1-2-4-5-3-1;1-2-4-3-1;;;/h9-11,13-15,23H,12,16-17H2,1-8H3;1-5H;1-3H2;2*1H;/q2*-1;;;;+2/p-2. The molecule has 0 saturated heterocycles. The molecule has 2 aromatic rings. The summed E-state index contributed by atoms with van der Waals surface area (Å²) in [4.78, 5) is 0. The van der Waals surface area contributed by atoms with E-state index in [0.717, 1.165) is 6.42 Å². The molecule has 5 aliphatic carbocycles. The molecule has 2 saturated carbocycles. The molecule has 220 valence electrons. The van der Waals surface area contributed by atoms with Gasteiger partial charge in [0.1, 0.15) is 0 Å². The predicted octanol–water partition coefficient (Wildman–Crippen LogP) is 4.27. The molecule has 0 spiro atoms. The van der Waals surface area contributed by atoms with Crippen molar-refractivity contribution in [1.82, 2.24) is 0 Å². The van der Waals surface area contributed by atoms with Gasteiger partial charge in [-0.25, -0.2) is 18.1 Å². The summed E-state index contributed by atoms with van der Waals surface area (Å²) in [5.41, 5.74) is 10.3. The van der Waals surface area contributed by atoms with E-state index in [4.69, 9.17) is 0 Å². The summed E-state index contributed by atoms with van der Waals surface area (Å²) < 4.78 is 1.69. The van der Waals surface area contributed by atoms with Crippen LogP contribution in [0.15, 0.2) is 83.5 Å². The molecule has 0 bridgehead atoms. The molecule has 7 rings (SSSR count). The normalized spacial score (nSPS) is 27.2. The van der Waals surface area contributed by atoms with Crippen molar-refractivity contribution in [2.75, 3.05) is 0 Å². The van der Waals surface area contributed by atoms with Crippen LogP contribution in [0.2, 0.25) is 0 Å². The minimum absolute atomic E-state index is 0. The maximum atomic E-state index is 2.62. The molecule has 0 amide bonds. The van der Waals surface area contributed by atoms with Crippen LogP contribution in [0.4, 0.5) is 0 Å². The molecule has 41 heavy (non-hydrogen) atoms. The first-order valence-corrected chi connectivity index (χ1v) is 16.0. The van der Waals surface area contributed by atoms with Crippen molar-refractivity contribution in [3.8, 4) is 0 Å². The van der Waals surface area contributed by atoms with Gasteiger partial charge >= 0.3 is 43.0 Å². The Kier molecular flexibility index (Phi) is 10.4. The van der Waals surface area contributed by atoms with Crippen molar-refractivity contribution >= 4 is 9.38 Å². The summed E-state index contributed by atoms with van der Waals surface area (Å²) in [6.45, 7) is 20.3. The van der Waals surface area contributed by atoms with Gasteiger partial charge in [-0.15, -0.1) is 6.92 Å². The molecule has 0 nitrogen and oxygen atoms in total.